The molecule has 20 heavy (non-hydrogen) atoms. The predicted octanol–water partition coefficient (Wildman–Crippen LogP) is 2.10. The van der Waals surface area contributed by atoms with Crippen LogP contribution in [0.1, 0.15) is 23.7 Å². The number of aliphatic carboxylic acids is 1. The molecule has 5 heteroatoms. The summed E-state index contributed by atoms with van der Waals surface area (Å²) in [5, 5.41) is 10.1. The van der Waals surface area contributed by atoms with Crippen LogP contribution in [0.4, 0.5) is 0 Å². The Bertz CT molecular complexity index is 691. The molecule has 1 amide bonds. The van der Waals surface area contributed by atoms with Gasteiger partial charge in [-0.05, 0) is 31.5 Å². The molecule has 1 aliphatic rings. The standard InChI is InChI=1S/C15H16N2O3/c1-15(14(19)20)6-8-17(9-15)13(18)11-3-2-4-12-10(11)5-7-16-12/h2-5,7,16H,6,8-9H2,1H3,(H,19,20)/t15-/m0/s1. The van der Waals surface area contributed by atoms with Crippen LogP contribution in [0.5, 0.6) is 0 Å². The summed E-state index contributed by atoms with van der Waals surface area (Å²) in [6.07, 6.45) is 2.30. The van der Waals surface area contributed by atoms with Gasteiger partial charge in [0.2, 0.25) is 0 Å². The number of hydrogen-bond acceptors (Lipinski definition) is 2. The Morgan fingerprint density at radius 3 is 2.85 bits per heavy atom. The summed E-state index contributed by atoms with van der Waals surface area (Å²) >= 11 is 0. The zero-order chi connectivity index (χ0) is 14.3. The van der Waals surface area contributed by atoms with Gasteiger partial charge in [0.1, 0.15) is 0 Å². The number of carbonyl (C=O) groups excluding carboxylic acids is 1. The first kappa shape index (κ1) is 12.7. The van der Waals surface area contributed by atoms with Crippen molar-refractivity contribution in [3.05, 3.63) is 36.0 Å². The van der Waals surface area contributed by atoms with Crippen LogP contribution in [0.2, 0.25) is 0 Å². The zero-order valence-corrected chi connectivity index (χ0v) is 11.2. The van der Waals surface area contributed by atoms with Crippen molar-refractivity contribution >= 4 is 22.8 Å². The summed E-state index contributed by atoms with van der Waals surface area (Å²) in [4.78, 5) is 28.6. The second kappa shape index (κ2) is 4.37. The molecular weight excluding hydrogens is 256 g/mol. The van der Waals surface area contributed by atoms with Gasteiger partial charge >= 0.3 is 5.97 Å². The van der Waals surface area contributed by atoms with Crippen molar-refractivity contribution in [2.45, 2.75) is 13.3 Å². The Hall–Kier alpha value is -2.30. The minimum absolute atomic E-state index is 0.0971. The molecule has 1 aliphatic heterocycles. The Balaban J connectivity index is 1.91. The molecule has 5 nitrogen and oxygen atoms in total. The van der Waals surface area contributed by atoms with E-state index in [9.17, 15) is 14.7 Å². The Labute approximate surface area is 116 Å². The number of H-pyrrole nitrogens is 1. The molecular formula is C15H16N2O3. The molecule has 2 N–H and O–H groups in total. The lowest BCUT2D eigenvalue weighted by Crippen LogP contribution is -2.34. The number of nitrogens with zero attached hydrogens (tertiary/aromatic N) is 1. The molecule has 0 radical (unpaired) electrons. The molecule has 1 aromatic heterocycles. The fourth-order valence-electron chi connectivity index (χ4n) is 2.75. The van der Waals surface area contributed by atoms with E-state index in [1.54, 1.807) is 24.1 Å². The Kier molecular flexibility index (Phi) is 2.78. The van der Waals surface area contributed by atoms with Crippen LogP contribution in [0, 0.1) is 5.41 Å². The number of hydrogen-bond donors (Lipinski definition) is 2. The maximum absolute atomic E-state index is 12.6. The van der Waals surface area contributed by atoms with Gasteiger partial charge in [0.05, 0.1) is 5.41 Å². The number of nitrogens with one attached hydrogen (secondary N) is 1. The highest BCUT2D eigenvalue weighted by atomic mass is 16.4. The average molecular weight is 272 g/mol. The number of carbonyl (C=O) groups is 2. The monoisotopic (exact) mass is 272 g/mol. The van der Waals surface area contributed by atoms with Crippen LogP contribution in [0.3, 0.4) is 0 Å². The van der Waals surface area contributed by atoms with E-state index in [0.717, 1.165) is 10.9 Å². The van der Waals surface area contributed by atoms with Crippen molar-refractivity contribution in [3.8, 4) is 0 Å². The van der Waals surface area contributed by atoms with Crippen molar-refractivity contribution in [2.24, 2.45) is 5.41 Å². The van der Waals surface area contributed by atoms with Crippen LogP contribution in [0.25, 0.3) is 10.9 Å². The molecule has 0 saturated carbocycles. The van der Waals surface area contributed by atoms with Crippen molar-refractivity contribution in [2.75, 3.05) is 13.1 Å². The lowest BCUT2D eigenvalue weighted by Gasteiger charge is -2.20. The van der Waals surface area contributed by atoms with Crippen molar-refractivity contribution < 1.29 is 14.7 Å². The van der Waals surface area contributed by atoms with E-state index in [1.165, 1.54) is 0 Å². The fourth-order valence-corrected chi connectivity index (χ4v) is 2.75. The first-order valence-corrected chi connectivity index (χ1v) is 6.60. The molecule has 1 aromatic carbocycles. The van der Waals surface area contributed by atoms with Gasteiger partial charge in [0.15, 0.2) is 0 Å². The quantitative estimate of drug-likeness (QED) is 0.879. The number of carboxylic acid groups (broad SMARTS) is 1. The maximum Gasteiger partial charge on any atom is 0.311 e. The topological polar surface area (TPSA) is 73.4 Å². The van der Waals surface area contributed by atoms with Gasteiger partial charge in [-0.25, -0.2) is 0 Å². The van der Waals surface area contributed by atoms with E-state index >= 15 is 0 Å². The molecule has 3 rings (SSSR count). The Morgan fingerprint density at radius 2 is 2.15 bits per heavy atom. The maximum atomic E-state index is 12.6. The molecule has 1 saturated heterocycles. The number of aromatic amines is 1. The highest BCUT2D eigenvalue weighted by molar-refractivity contribution is 6.06. The van der Waals surface area contributed by atoms with Gasteiger partial charge < -0.3 is 15.0 Å². The van der Waals surface area contributed by atoms with Gasteiger partial charge in [0.25, 0.3) is 5.91 Å². The fraction of sp³-hybridized carbons (Fsp3) is 0.333. The molecule has 1 atom stereocenters. The normalized spacial score (nSPS) is 22.4. The summed E-state index contributed by atoms with van der Waals surface area (Å²) in [7, 11) is 0. The molecule has 0 bridgehead atoms. The van der Waals surface area contributed by atoms with Gasteiger partial charge in [-0.1, -0.05) is 6.07 Å². The van der Waals surface area contributed by atoms with Gasteiger partial charge in [-0.2, -0.15) is 0 Å². The van der Waals surface area contributed by atoms with Crippen molar-refractivity contribution in [1.29, 1.82) is 0 Å². The second-order valence-corrected chi connectivity index (χ2v) is 5.59. The smallest absolute Gasteiger partial charge is 0.311 e. The van der Waals surface area contributed by atoms with E-state index < -0.39 is 11.4 Å². The molecule has 2 heterocycles. The van der Waals surface area contributed by atoms with Gasteiger partial charge in [0, 0.05) is 35.8 Å². The van der Waals surface area contributed by atoms with Crippen LogP contribution >= 0.6 is 0 Å². The lowest BCUT2D eigenvalue weighted by atomic mass is 9.90. The molecule has 0 aliphatic carbocycles. The number of benzene rings is 1. The third-order valence-electron chi connectivity index (χ3n) is 4.10. The summed E-state index contributed by atoms with van der Waals surface area (Å²) in [6, 6.07) is 7.40. The van der Waals surface area contributed by atoms with E-state index in [4.69, 9.17) is 0 Å². The number of rotatable bonds is 2. The summed E-state index contributed by atoms with van der Waals surface area (Å²) < 4.78 is 0. The van der Waals surface area contributed by atoms with Gasteiger partial charge in [-0.15, -0.1) is 0 Å². The summed E-state index contributed by atoms with van der Waals surface area (Å²) in [6.45, 7) is 2.45. The van der Waals surface area contributed by atoms with Crippen molar-refractivity contribution in [3.63, 3.8) is 0 Å². The third kappa shape index (κ3) is 1.86. The molecule has 1 fully saturated rings. The van der Waals surface area contributed by atoms with E-state index in [0.29, 0.717) is 18.5 Å². The van der Waals surface area contributed by atoms with Crippen LogP contribution < -0.4 is 0 Å². The largest absolute Gasteiger partial charge is 0.481 e. The average Bonchev–Trinajstić information content (AvgIpc) is 3.04. The predicted molar refractivity (Wildman–Crippen MR) is 74.6 cm³/mol. The first-order valence-electron chi connectivity index (χ1n) is 6.60. The van der Waals surface area contributed by atoms with Crippen LogP contribution in [0.15, 0.2) is 30.5 Å². The van der Waals surface area contributed by atoms with Gasteiger partial charge in [-0.3, -0.25) is 9.59 Å². The molecule has 104 valence electrons. The zero-order valence-electron chi connectivity index (χ0n) is 11.2. The van der Waals surface area contributed by atoms with Crippen molar-refractivity contribution in [1.82, 2.24) is 9.88 Å². The molecule has 2 aromatic rings. The highest BCUT2D eigenvalue weighted by Crippen LogP contribution is 2.31. The van der Waals surface area contributed by atoms with E-state index in [1.807, 2.05) is 18.2 Å². The lowest BCUT2D eigenvalue weighted by molar-refractivity contribution is -0.147. The number of fused-ring (bicyclic) bond motifs is 1. The number of aromatic nitrogens is 1. The first-order chi connectivity index (χ1) is 9.51. The Morgan fingerprint density at radius 1 is 1.35 bits per heavy atom. The van der Waals surface area contributed by atoms with E-state index in [2.05, 4.69) is 4.98 Å². The number of carboxylic acids is 1. The van der Waals surface area contributed by atoms with Crippen LogP contribution in [-0.2, 0) is 4.79 Å². The SMILES string of the molecule is C[C@]1(C(=O)O)CCN(C(=O)c2cccc3[nH]ccc23)C1. The van der Waals surface area contributed by atoms with Crippen LogP contribution in [-0.4, -0.2) is 40.0 Å². The van der Waals surface area contributed by atoms with E-state index in [-0.39, 0.29) is 12.5 Å². The third-order valence-corrected chi connectivity index (χ3v) is 4.10. The second-order valence-electron chi connectivity index (χ2n) is 5.59. The minimum Gasteiger partial charge on any atom is -0.481 e. The molecule has 0 unspecified atom stereocenters. The molecule has 0 spiro atoms. The number of amides is 1. The summed E-state index contributed by atoms with van der Waals surface area (Å²) in [5.74, 6) is -0.937. The number of likely N-dealkylation sites (tertiary alicyclic amines) is 1. The summed E-state index contributed by atoms with van der Waals surface area (Å²) in [5.41, 5.74) is 0.705. The minimum atomic E-state index is -0.840. The highest BCUT2D eigenvalue weighted by Gasteiger charge is 2.42.